The summed E-state index contributed by atoms with van der Waals surface area (Å²) in [6, 6.07) is 0. The summed E-state index contributed by atoms with van der Waals surface area (Å²) >= 11 is 3.57. The first-order valence-electron chi connectivity index (χ1n) is 4.40. The number of hydrogen-bond acceptors (Lipinski definition) is 1. The summed E-state index contributed by atoms with van der Waals surface area (Å²) in [6.07, 6.45) is 2.44. The predicted octanol–water partition coefficient (Wildman–Crippen LogP) is 3.22. The highest BCUT2D eigenvalue weighted by Crippen LogP contribution is 2.16. The summed E-state index contributed by atoms with van der Waals surface area (Å²) in [6.45, 7) is 8.27. The van der Waals surface area contributed by atoms with Crippen molar-refractivity contribution in [2.24, 2.45) is 5.92 Å². The van der Waals surface area contributed by atoms with Crippen molar-refractivity contribution < 1.29 is 4.74 Å². The summed E-state index contributed by atoms with van der Waals surface area (Å²) < 4.78 is 5.25. The predicted molar refractivity (Wildman–Crippen MR) is 53.3 cm³/mol. The Balaban J connectivity index is 3.10. The molecule has 0 heterocycles. The lowest BCUT2D eigenvalue weighted by Gasteiger charge is -2.13. The molecule has 0 radical (unpaired) electrons. The molecule has 11 heavy (non-hydrogen) atoms. The van der Waals surface area contributed by atoms with Gasteiger partial charge in [-0.25, -0.2) is 0 Å². The Bertz CT molecular complexity index is 83.6. The van der Waals surface area contributed by atoms with Crippen LogP contribution in [0.15, 0.2) is 0 Å². The lowest BCUT2D eigenvalue weighted by atomic mass is 10.0. The third-order valence-corrected chi connectivity index (χ3v) is 2.84. The summed E-state index contributed by atoms with van der Waals surface area (Å²) in [4.78, 5) is 0.629. The highest BCUT2D eigenvalue weighted by atomic mass is 79.9. The number of ether oxygens (including phenoxy) is 1. The minimum atomic E-state index is 0.629. The van der Waals surface area contributed by atoms with E-state index in [0.29, 0.717) is 4.83 Å². The minimum Gasteiger partial charge on any atom is -0.382 e. The average molecular weight is 223 g/mol. The van der Waals surface area contributed by atoms with E-state index in [0.717, 1.165) is 19.1 Å². The van der Waals surface area contributed by atoms with Crippen molar-refractivity contribution in [1.29, 1.82) is 0 Å². The molecule has 0 bridgehead atoms. The van der Waals surface area contributed by atoms with Gasteiger partial charge in [0.15, 0.2) is 0 Å². The molecular formula is C9H19BrO. The first-order chi connectivity index (χ1) is 5.18. The van der Waals surface area contributed by atoms with E-state index in [1.807, 2.05) is 6.92 Å². The molecule has 0 aromatic heterocycles. The van der Waals surface area contributed by atoms with Gasteiger partial charge in [-0.15, -0.1) is 0 Å². The molecule has 1 nitrogen and oxygen atoms in total. The Morgan fingerprint density at radius 2 is 2.00 bits per heavy atom. The SMILES string of the molecule is CCOCCCC(C)C(C)Br. The molecule has 0 aliphatic carbocycles. The van der Waals surface area contributed by atoms with Crippen LogP contribution in [0.25, 0.3) is 0 Å². The molecule has 68 valence electrons. The Morgan fingerprint density at radius 3 is 2.45 bits per heavy atom. The van der Waals surface area contributed by atoms with E-state index in [9.17, 15) is 0 Å². The van der Waals surface area contributed by atoms with Gasteiger partial charge < -0.3 is 4.74 Å². The molecule has 0 aliphatic rings. The van der Waals surface area contributed by atoms with Crippen LogP contribution in [0.1, 0.15) is 33.6 Å². The Labute approximate surface area is 78.6 Å². The van der Waals surface area contributed by atoms with Crippen molar-refractivity contribution in [3.05, 3.63) is 0 Å². The van der Waals surface area contributed by atoms with Crippen LogP contribution in [0.5, 0.6) is 0 Å². The number of hydrogen-bond donors (Lipinski definition) is 0. The minimum absolute atomic E-state index is 0.629. The van der Waals surface area contributed by atoms with Crippen molar-refractivity contribution >= 4 is 15.9 Å². The fourth-order valence-corrected chi connectivity index (χ4v) is 1.15. The monoisotopic (exact) mass is 222 g/mol. The second-order valence-electron chi connectivity index (χ2n) is 2.99. The van der Waals surface area contributed by atoms with Crippen molar-refractivity contribution in [2.45, 2.75) is 38.4 Å². The number of alkyl halides is 1. The second-order valence-corrected chi connectivity index (χ2v) is 4.44. The second kappa shape index (κ2) is 7.11. The van der Waals surface area contributed by atoms with E-state index in [-0.39, 0.29) is 0 Å². The molecule has 0 spiro atoms. The molecule has 2 heteroatoms. The third kappa shape index (κ3) is 6.82. The zero-order valence-corrected chi connectivity index (χ0v) is 9.36. The van der Waals surface area contributed by atoms with Gasteiger partial charge in [0.1, 0.15) is 0 Å². The molecule has 0 saturated heterocycles. The quantitative estimate of drug-likeness (QED) is 0.496. The van der Waals surface area contributed by atoms with Gasteiger partial charge in [0.2, 0.25) is 0 Å². The highest BCUT2D eigenvalue weighted by molar-refractivity contribution is 9.09. The summed E-state index contributed by atoms with van der Waals surface area (Å²) in [5.74, 6) is 0.760. The van der Waals surface area contributed by atoms with Gasteiger partial charge in [0.25, 0.3) is 0 Å². The normalized spacial score (nSPS) is 16.4. The Hall–Kier alpha value is 0.440. The van der Waals surface area contributed by atoms with Crippen LogP contribution in [-0.4, -0.2) is 18.0 Å². The Kier molecular flexibility index (Phi) is 7.39. The molecule has 0 amide bonds. The van der Waals surface area contributed by atoms with Gasteiger partial charge in [-0.2, -0.15) is 0 Å². The van der Waals surface area contributed by atoms with E-state index in [1.165, 1.54) is 12.8 Å². The zero-order chi connectivity index (χ0) is 8.69. The van der Waals surface area contributed by atoms with Crippen LogP contribution < -0.4 is 0 Å². The van der Waals surface area contributed by atoms with Crippen LogP contribution in [0.3, 0.4) is 0 Å². The van der Waals surface area contributed by atoms with Crippen LogP contribution in [0.4, 0.5) is 0 Å². The largest absolute Gasteiger partial charge is 0.382 e. The maximum atomic E-state index is 5.25. The maximum absolute atomic E-state index is 5.25. The van der Waals surface area contributed by atoms with Gasteiger partial charge in [0, 0.05) is 18.0 Å². The lowest BCUT2D eigenvalue weighted by Crippen LogP contribution is -2.07. The highest BCUT2D eigenvalue weighted by Gasteiger charge is 2.06. The van der Waals surface area contributed by atoms with Gasteiger partial charge in [-0.1, -0.05) is 29.8 Å². The van der Waals surface area contributed by atoms with Gasteiger partial charge in [-0.05, 0) is 25.7 Å². The molecular weight excluding hydrogens is 204 g/mol. The van der Waals surface area contributed by atoms with Gasteiger partial charge >= 0.3 is 0 Å². The number of halogens is 1. The molecule has 0 saturated carbocycles. The van der Waals surface area contributed by atoms with Gasteiger partial charge in [0.05, 0.1) is 0 Å². The Morgan fingerprint density at radius 1 is 1.36 bits per heavy atom. The van der Waals surface area contributed by atoms with Crippen LogP contribution in [0.2, 0.25) is 0 Å². The van der Waals surface area contributed by atoms with Crippen LogP contribution >= 0.6 is 15.9 Å². The molecule has 0 aliphatic heterocycles. The summed E-state index contributed by atoms with van der Waals surface area (Å²) in [7, 11) is 0. The van der Waals surface area contributed by atoms with Crippen molar-refractivity contribution in [3.8, 4) is 0 Å². The van der Waals surface area contributed by atoms with Crippen molar-refractivity contribution in [1.82, 2.24) is 0 Å². The van der Waals surface area contributed by atoms with E-state index in [1.54, 1.807) is 0 Å². The van der Waals surface area contributed by atoms with Crippen LogP contribution in [0, 0.1) is 5.92 Å². The topological polar surface area (TPSA) is 9.23 Å². The number of rotatable bonds is 6. The summed E-state index contributed by atoms with van der Waals surface area (Å²) in [5, 5.41) is 0. The molecule has 2 atom stereocenters. The molecule has 0 fully saturated rings. The lowest BCUT2D eigenvalue weighted by molar-refractivity contribution is 0.140. The van der Waals surface area contributed by atoms with Crippen molar-refractivity contribution in [3.63, 3.8) is 0 Å². The molecule has 0 N–H and O–H groups in total. The fourth-order valence-electron chi connectivity index (χ4n) is 0.881. The third-order valence-electron chi connectivity index (χ3n) is 1.94. The van der Waals surface area contributed by atoms with Crippen LogP contribution in [-0.2, 0) is 4.74 Å². The fraction of sp³-hybridized carbons (Fsp3) is 1.00. The maximum Gasteiger partial charge on any atom is 0.0465 e. The summed E-state index contributed by atoms with van der Waals surface area (Å²) in [5.41, 5.74) is 0. The first kappa shape index (κ1) is 11.4. The zero-order valence-electron chi connectivity index (χ0n) is 7.77. The van der Waals surface area contributed by atoms with E-state index in [4.69, 9.17) is 4.74 Å². The van der Waals surface area contributed by atoms with Gasteiger partial charge in [-0.3, -0.25) is 0 Å². The van der Waals surface area contributed by atoms with Crippen molar-refractivity contribution in [2.75, 3.05) is 13.2 Å². The molecule has 2 unspecified atom stereocenters. The molecule has 0 aromatic carbocycles. The van der Waals surface area contributed by atoms with E-state index >= 15 is 0 Å². The smallest absolute Gasteiger partial charge is 0.0465 e. The molecule has 0 rings (SSSR count). The average Bonchev–Trinajstić information content (AvgIpc) is 1.97. The van der Waals surface area contributed by atoms with E-state index < -0.39 is 0 Å². The standard InChI is InChI=1S/C9H19BrO/c1-4-11-7-5-6-8(2)9(3)10/h8-9H,4-7H2,1-3H3. The first-order valence-corrected chi connectivity index (χ1v) is 5.31. The molecule has 0 aromatic rings. The van der Waals surface area contributed by atoms with E-state index in [2.05, 4.69) is 29.8 Å².